The molecule has 4 heterocycles. The molecule has 1 atom stereocenters. The summed E-state index contributed by atoms with van der Waals surface area (Å²) in [5, 5.41) is 8.84. The van der Waals surface area contributed by atoms with Gasteiger partial charge in [-0.15, -0.1) is 0 Å². The van der Waals surface area contributed by atoms with Crippen molar-refractivity contribution in [2.75, 3.05) is 11.9 Å². The zero-order valence-corrected chi connectivity index (χ0v) is 16.7. The van der Waals surface area contributed by atoms with Gasteiger partial charge < -0.3 is 10.6 Å². The lowest BCUT2D eigenvalue weighted by molar-refractivity contribution is -0.136. The summed E-state index contributed by atoms with van der Waals surface area (Å²) in [7, 11) is 0. The van der Waals surface area contributed by atoms with E-state index in [1.807, 2.05) is 0 Å². The van der Waals surface area contributed by atoms with Crippen LogP contribution in [0.2, 0.25) is 0 Å². The lowest BCUT2D eigenvalue weighted by atomic mass is 10.0. The van der Waals surface area contributed by atoms with Gasteiger partial charge >= 0.3 is 0 Å². The second-order valence-electron chi connectivity index (χ2n) is 7.94. The SMILES string of the molecule is O=C1CCC(N2C(=O)c3ccc(CNc4cnc5c(c4)CNCC5)cc3C2=O)C(=O)N1. The largest absolute Gasteiger partial charge is 0.380 e. The van der Waals surface area contributed by atoms with E-state index in [0.717, 1.165) is 41.4 Å². The maximum Gasteiger partial charge on any atom is 0.262 e. The lowest BCUT2D eigenvalue weighted by Crippen LogP contribution is -2.54. The highest BCUT2D eigenvalue weighted by Crippen LogP contribution is 2.28. The van der Waals surface area contributed by atoms with E-state index in [1.54, 1.807) is 24.4 Å². The van der Waals surface area contributed by atoms with Gasteiger partial charge in [0, 0.05) is 38.2 Å². The normalized spacial score (nSPS) is 20.4. The van der Waals surface area contributed by atoms with Gasteiger partial charge in [-0.2, -0.15) is 0 Å². The Bertz CT molecular complexity index is 1130. The number of fused-ring (bicyclic) bond motifs is 2. The highest BCUT2D eigenvalue weighted by molar-refractivity contribution is 6.23. The van der Waals surface area contributed by atoms with E-state index >= 15 is 0 Å². The van der Waals surface area contributed by atoms with Crippen molar-refractivity contribution in [3.05, 3.63) is 58.4 Å². The van der Waals surface area contributed by atoms with E-state index in [1.165, 1.54) is 5.56 Å². The van der Waals surface area contributed by atoms with Crippen LogP contribution in [0.4, 0.5) is 5.69 Å². The molecule has 3 N–H and O–H groups in total. The number of carbonyl (C=O) groups excluding carboxylic acids is 4. The van der Waals surface area contributed by atoms with Crippen LogP contribution in [0.5, 0.6) is 0 Å². The molecular weight excluding hydrogens is 398 g/mol. The van der Waals surface area contributed by atoms with Crippen LogP contribution in [0.25, 0.3) is 0 Å². The average Bonchev–Trinajstić information content (AvgIpc) is 3.02. The van der Waals surface area contributed by atoms with Crippen LogP contribution < -0.4 is 16.0 Å². The quantitative estimate of drug-likeness (QED) is 0.625. The van der Waals surface area contributed by atoms with Gasteiger partial charge in [0.1, 0.15) is 6.04 Å². The Labute approximate surface area is 178 Å². The van der Waals surface area contributed by atoms with Gasteiger partial charge in [0.05, 0.1) is 23.0 Å². The highest BCUT2D eigenvalue weighted by atomic mass is 16.2. The number of carbonyl (C=O) groups is 4. The number of anilines is 1. The topological polar surface area (TPSA) is 120 Å². The van der Waals surface area contributed by atoms with E-state index < -0.39 is 29.7 Å². The van der Waals surface area contributed by atoms with Gasteiger partial charge in [0.15, 0.2) is 0 Å². The summed E-state index contributed by atoms with van der Waals surface area (Å²) >= 11 is 0. The molecule has 4 amide bonds. The fraction of sp³-hybridized carbons (Fsp3) is 0.318. The Morgan fingerprint density at radius 1 is 1.06 bits per heavy atom. The fourth-order valence-electron chi connectivity index (χ4n) is 4.28. The Kier molecular flexibility index (Phi) is 4.74. The Hall–Kier alpha value is -3.59. The first-order chi connectivity index (χ1) is 15.0. The molecule has 1 saturated heterocycles. The van der Waals surface area contributed by atoms with Crippen molar-refractivity contribution in [3.63, 3.8) is 0 Å². The summed E-state index contributed by atoms with van der Waals surface area (Å²) in [5.41, 5.74) is 4.56. The van der Waals surface area contributed by atoms with Crippen molar-refractivity contribution in [2.45, 2.75) is 38.4 Å². The molecule has 1 fully saturated rings. The molecule has 2 aromatic rings. The molecule has 158 valence electrons. The Morgan fingerprint density at radius 3 is 2.74 bits per heavy atom. The number of hydrogen-bond acceptors (Lipinski definition) is 7. The first-order valence-corrected chi connectivity index (χ1v) is 10.3. The van der Waals surface area contributed by atoms with Gasteiger partial charge in [0.25, 0.3) is 11.8 Å². The molecule has 1 aromatic heterocycles. The fourth-order valence-corrected chi connectivity index (χ4v) is 4.28. The van der Waals surface area contributed by atoms with Crippen molar-refractivity contribution < 1.29 is 19.2 Å². The van der Waals surface area contributed by atoms with E-state index in [2.05, 4.69) is 27.0 Å². The van der Waals surface area contributed by atoms with E-state index in [0.29, 0.717) is 6.54 Å². The molecular formula is C22H21N5O4. The van der Waals surface area contributed by atoms with E-state index in [9.17, 15) is 19.2 Å². The zero-order valence-electron chi connectivity index (χ0n) is 16.7. The highest BCUT2D eigenvalue weighted by Gasteiger charge is 2.44. The summed E-state index contributed by atoms with van der Waals surface area (Å²) in [5.74, 6) is -2.00. The molecule has 9 heteroatoms. The summed E-state index contributed by atoms with van der Waals surface area (Å²) in [4.78, 5) is 54.7. The van der Waals surface area contributed by atoms with Gasteiger partial charge in [-0.25, -0.2) is 0 Å². The smallest absolute Gasteiger partial charge is 0.262 e. The number of rotatable bonds is 4. The van der Waals surface area contributed by atoms with E-state index in [4.69, 9.17) is 0 Å². The molecule has 0 spiro atoms. The molecule has 0 bridgehead atoms. The van der Waals surface area contributed by atoms with Crippen LogP contribution in [0, 0.1) is 0 Å². The van der Waals surface area contributed by atoms with Gasteiger partial charge in [-0.3, -0.25) is 34.4 Å². The van der Waals surface area contributed by atoms with E-state index in [-0.39, 0.29) is 24.0 Å². The predicted molar refractivity (Wildman–Crippen MR) is 110 cm³/mol. The van der Waals surface area contributed by atoms with Crippen LogP contribution in [-0.2, 0) is 29.1 Å². The van der Waals surface area contributed by atoms with Crippen molar-refractivity contribution in [3.8, 4) is 0 Å². The number of amides is 4. The summed E-state index contributed by atoms with van der Waals surface area (Å²) in [6, 6.07) is 6.21. The van der Waals surface area contributed by atoms with Crippen LogP contribution in [0.3, 0.4) is 0 Å². The van der Waals surface area contributed by atoms with Crippen LogP contribution in [0.1, 0.15) is 50.4 Å². The number of nitrogens with one attached hydrogen (secondary N) is 3. The van der Waals surface area contributed by atoms with Crippen LogP contribution in [-0.4, -0.2) is 46.1 Å². The average molecular weight is 419 g/mol. The van der Waals surface area contributed by atoms with Crippen LogP contribution in [0.15, 0.2) is 30.5 Å². The minimum atomic E-state index is -0.957. The number of imide groups is 2. The monoisotopic (exact) mass is 419 g/mol. The molecule has 0 saturated carbocycles. The molecule has 0 radical (unpaired) electrons. The number of piperidine rings is 1. The third kappa shape index (κ3) is 3.46. The molecule has 1 unspecified atom stereocenters. The van der Waals surface area contributed by atoms with Gasteiger partial charge in [-0.1, -0.05) is 6.07 Å². The number of aromatic nitrogens is 1. The molecule has 3 aliphatic rings. The molecule has 0 aliphatic carbocycles. The maximum atomic E-state index is 12.9. The number of nitrogens with zero attached hydrogens (tertiary/aromatic N) is 2. The Balaban J connectivity index is 1.32. The predicted octanol–water partition coefficient (Wildman–Crippen LogP) is 0.741. The second kappa shape index (κ2) is 7.59. The number of hydrogen-bond donors (Lipinski definition) is 3. The van der Waals surface area contributed by atoms with Crippen molar-refractivity contribution in [1.82, 2.24) is 20.5 Å². The maximum absolute atomic E-state index is 12.9. The third-order valence-corrected chi connectivity index (χ3v) is 5.91. The zero-order chi connectivity index (χ0) is 21.5. The minimum absolute atomic E-state index is 0.101. The molecule has 31 heavy (non-hydrogen) atoms. The molecule has 9 nitrogen and oxygen atoms in total. The molecule has 1 aromatic carbocycles. The third-order valence-electron chi connectivity index (χ3n) is 5.91. The lowest BCUT2D eigenvalue weighted by Gasteiger charge is -2.27. The molecule has 3 aliphatic heterocycles. The first-order valence-electron chi connectivity index (χ1n) is 10.3. The molecule has 5 rings (SSSR count). The standard InChI is InChI=1S/C22H21N5O4/c28-19-4-3-18(20(29)26-19)27-21(30)15-2-1-12(7-16(15)22(27)31)9-24-14-8-13-10-23-6-5-17(13)25-11-14/h1-2,7-8,11,18,23-24H,3-6,9-10H2,(H,26,28,29). The van der Waals surface area contributed by atoms with Crippen molar-refractivity contribution in [1.29, 1.82) is 0 Å². The summed E-state index contributed by atoms with van der Waals surface area (Å²) < 4.78 is 0. The van der Waals surface area contributed by atoms with Crippen molar-refractivity contribution in [2.24, 2.45) is 0 Å². The first kappa shape index (κ1) is 19.4. The number of pyridine rings is 1. The number of benzene rings is 1. The van der Waals surface area contributed by atoms with Crippen LogP contribution >= 0.6 is 0 Å². The Morgan fingerprint density at radius 2 is 1.90 bits per heavy atom. The van der Waals surface area contributed by atoms with Gasteiger partial charge in [0.2, 0.25) is 11.8 Å². The summed E-state index contributed by atoms with van der Waals surface area (Å²) in [6.45, 7) is 2.19. The van der Waals surface area contributed by atoms with Crippen molar-refractivity contribution >= 4 is 29.3 Å². The minimum Gasteiger partial charge on any atom is -0.380 e. The second-order valence-corrected chi connectivity index (χ2v) is 7.94. The summed E-state index contributed by atoms with van der Waals surface area (Å²) in [6.07, 6.45) is 2.96. The van der Waals surface area contributed by atoms with Gasteiger partial charge in [-0.05, 0) is 35.7 Å².